The number of aryl methyl sites for hydroxylation is 1. The van der Waals surface area contributed by atoms with Gasteiger partial charge in [-0.1, -0.05) is 11.6 Å². The van der Waals surface area contributed by atoms with E-state index in [2.05, 4.69) is 15.3 Å². The molecule has 0 saturated heterocycles. The second kappa shape index (κ2) is 7.40. The SMILES string of the molecule is COc1ccc(OC)c(Nc2ncnc3oc(-c4ccc(Cl)cc4)c(C)c23)c1. The van der Waals surface area contributed by atoms with Crippen LogP contribution in [0, 0.1) is 6.92 Å². The standard InChI is InChI=1S/C21H18ClN3O3/c1-12-18-20(25-16-10-15(26-2)8-9-17(16)27-3)23-11-24-21(18)28-19(12)13-4-6-14(22)7-5-13/h4-11H,1-3H3,(H,23,24,25). The van der Waals surface area contributed by atoms with Crippen molar-refractivity contribution in [3.05, 3.63) is 59.4 Å². The Morgan fingerprint density at radius 2 is 1.79 bits per heavy atom. The minimum atomic E-state index is 0.502. The number of benzene rings is 2. The van der Waals surface area contributed by atoms with Crippen LogP contribution in [0.2, 0.25) is 5.02 Å². The van der Waals surface area contributed by atoms with Crippen molar-refractivity contribution in [2.24, 2.45) is 0 Å². The van der Waals surface area contributed by atoms with Gasteiger partial charge < -0.3 is 19.2 Å². The van der Waals surface area contributed by atoms with Crippen LogP contribution in [-0.4, -0.2) is 24.2 Å². The molecule has 7 heteroatoms. The fourth-order valence-corrected chi connectivity index (χ4v) is 3.21. The van der Waals surface area contributed by atoms with Gasteiger partial charge in [0.25, 0.3) is 0 Å². The third kappa shape index (κ3) is 3.23. The first-order valence-corrected chi connectivity index (χ1v) is 8.97. The number of hydrogen-bond donors (Lipinski definition) is 1. The Hall–Kier alpha value is -3.25. The molecular weight excluding hydrogens is 378 g/mol. The van der Waals surface area contributed by atoms with Gasteiger partial charge in [0.15, 0.2) is 0 Å². The van der Waals surface area contributed by atoms with Crippen molar-refractivity contribution in [3.63, 3.8) is 0 Å². The molecule has 0 fully saturated rings. The fourth-order valence-electron chi connectivity index (χ4n) is 3.08. The number of furan rings is 1. The highest BCUT2D eigenvalue weighted by Gasteiger charge is 2.18. The summed E-state index contributed by atoms with van der Waals surface area (Å²) in [6.07, 6.45) is 1.46. The molecule has 1 N–H and O–H groups in total. The normalized spacial score (nSPS) is 10.9. The molecular formula is C21H18ClN3O3. The summed E-state index contributed by atoms with van der Waals surface area (Å²) in [4.78, 5) is 8.70. The maximum Gasteiger partial charge on any atom is 0.232 e. The van der Waals surface area contributed by atoms with E-state index in [4.69, 9.17) is 25.5 Å². The van der Waals surface area contributed by atoms with Gasteiger partial charge in [0.05, 0.1) is 25.3 Å². The van der Waals surface area contributed by atoms with Gasteiger partial charge in [0.1, 0.15) is 29.4 Å². The van der Waals surface area contributed by atoms with E-state index >= 15 is 0 Å². The van der Waals surface area contributed by atoms with Crippen LogP contribution in [-0.2, 0) is 0 Å². The van der Waals surface area contributed by atoms with Crippen molar-refractivity contribution >= 4 is 34.2 Å². The molecule has 28 heavy (non-hydrogen) atoms. The topological polar surface area (TPSA) is 69.4 Å². The lowest BCUT2D eigenvalue weighted by molar-refractivity contribution is 0.405. The second-order valence-corrected chi connectivity index (χ2v) is 6.59. The molecule has 0 bridgehead atoms. The Kier molecular flexibility index (Phi) is 4.79. The van der Waals surface area contributed by atoms with E-state index in [1.807, 2.05) is 49.4 Å². The summed E-state index contributed by atoms with van der Waals surface area (Å²) < 4.78 is 16.8. The minimum Gasteiger partial charge on any atom is -0.497 e. The molecule has 4 rings (SSSR count). The predicted molar refractivity (Wildman–Crippen MR) is 110 cm³/mol. The van der Waals surface area contributed by atoms with Gasteiger partial charge in [-0.25, -0.2) is 9.97 Å². The number of hydrogen-bond acceptors (Lipinski definition) is 6. The van der Waals surface area contributed by atoms with Crippen molar-refractivity contribution in [2.45, 2.75) is 6.92 Å². The fraction of sp³-hybridized carbons (Fsp3) is 0.143. The van der Waals surface area contributed by atoms with E-state index in [0.29, 0.717) is 28.1 Å². The van der Waals surface area contributed by atoms with Crippen molar-refractivity contribution in [1.29, 1.82) is 0 Å². The van der Waals surface area contributed by atoms with Crippen molar-refractivity contribution in [3.8, 4) is 22.8 Å². The molecule has 2 heterocycles. The lowest BCUT2D eigenvalue weighted by atomic mass is 10.1. The van der Waals surface area contributed by atoms with Crippen LogP contribution in [0.5, 0.6) is 11.5 Å². The van der Waals surface area contributed by atoms with Crippen molar-refractivity contribution in [2.75, 3.05) is 19.5 Å². The van der Waals surface area contributed by atoms with Gasteiger partial charge in [-0.3, -0.25) is 0 Å². The molecule has 0 spiro atoms. The number of nitrogens with one attached hydrogen (secondary N) is 1. The number of methoxy groups -OCH3 is 2. The number of halogens is 1. The summed E-state index contributed by atoms with van der Waals surface area (Å²) in [5.74, 6) is 2.73. The summed E-state index contributed by atoms with van der Waals surface area (Å²) in [5.41, 5.74) is 3.09. The van der Waals surface area contributed by atoms with E-state index in [9.17, 15) is 0 Å². The quantitative estimate of drug-likeness (QED) is 0.473. The van der Waals surface area contributed by atoms with E-state index in [0.717, 1.165) is 28.0 Å². The maximum atomic E-state index is 6.01. The minimum absolute atomic E-state index is 0.502. The smallest absolute Gasteiger partial charge is 0.232 e. The van der Waals surface area contributed by atoms with Gasteiger partial charge in [0, 0.05) is 22.2 Å². The number of nitrogens with zero attached hydrogens (tertiary/aromatic N) is 2. The van der Waals surface area contributed by atoms with Gasteiger partial charge in [-0.2, -0.15) is 0 Å². The number of aromatic nitrogens is 2. The molecule has 4 aromatic rings. The first kappa shape index (κ1) is 18.1. The highest BCUT2D eigenvalue weighted by atomic mass is 35.5. The van der Waals surface area contributed by atoms with Gasteiger partial charge in [-0.15, -0.1) is 0 Å². The van der Waals surface area contributed by atoms with Crippen LogP contribution in [0.25, 0.3) is 22.4 Å². The number of fused-ring (bicyclic) bond motifs is 1. The average molecular weight is 396 g/mol. The monoisotopic (exact) mass is 395 g/mol. The van der Waals surface area contributed by atoms with Crippen molar-refractivity contribution < 1.29 is 13.9 Å². The number of rotatable bonds is 5. The summed E-state index contributed by atoms with van der Waals surface area (Å²) in [6.45, 7) is 1.98. The summed E-state index contributed by atoms with van der Waals surface area (Å²) in [5, 5.41) is 4.79. The predicted octanol–water partition coefficient (Wildman–Crippen LogP) is 5.61. The van der Waals surface area contributed by atoms with Crippen LogP contribution in [0.3, 0.4) is 0 Å². The van der Waals surface area contributed by atoms with Crippen LogP contribution in [0.1, 0.15) is 5.56 Å². The van der Waals surface area contributed by atoms with E-state index in [-0.39, 0.29) is 0 Å². The number of ether oxygens (including phenoxy) is 2. The van der Waals surface area contributed by atoms with Crippen LogP contribution < -0.4 is 14.8 Å². The Morgan fingerprint density at radius 3 is 2.50 bits per heavy atom. The third-order valence-corrected chi connectivity index (χ3v) is 4.74. The number of anilines is 2. The average Bonchev–Trinajstić information content (AvgIpc) is 3.06. The van der Waals surface area contributed by atoms with Crippen LogP contribution in [0.15, 0.2) is 53.2 Å². The van der Waals surface area contributed by atoms with E-state index in [1.165, 1.54) is 6.33 Å². The van der Waals surface area contributed by atoms with E-state index < -0.39 is 0 Å². The molecule has 6 nitrogen and oxygen atoms in total. The molecule has 0 aliphatic rings. The lowest BCUT2D eigenvalue weighted by Gasteiger charge is -2.12. The molecule has 0 unspecified atom stereocenters. The molecule has 2 aromatic carbocycles. The van der Waals surface area contributed by atoms with Crippen molar-refractivity contribution in [1.82, 2.24) is 9.97 Å². The Bertz CT molecular complexity index is 1140. The lowest BCUT2D eigenvalue weighted by Crippen LogP contribution is -1.99. The Labute approximate surface area is 167 Å². The van der Waals surface area contributed by atoms with Crippen LogP contribution in [0.4, 0.5) is 11.5 Å². The zero-order valence-corrected chi connectivity index (χ0v) is 16.4. The highest BCUT2D eigenvalue weighted by molar-refractivity contribution is 6.30. The molecule has 0 aliphatic carbocycles. The molecule has 0 saturated carbocycles. The summed E-state index contributed by atoms with van der Waals surface area (Å²) in [7, 11) is 3.23. The summed E-state index contributed by atoms with van der Waals surface area (Å²) in [6, 6.07) is 13.0. The molecule has 0 aliphatic heterocycles. The first-order valence-electron chi connectivity index (χ1n) is 8.59. The molecule has 2 aromatic heterocycles. The van der Waals surface area contributed by atoms with Gasteiger partial charge in [0.2, 0.25) is 5.71 Å². The Balaban J connectivity index is 1.82. The molecule has 0 amide bonds. The zero-order chi connectivity index (χ0) is 19.7. The first-order chi connectivity index (χ1) is 13.6. The molecule has 0 atom stereocenters. The largest absolute Gasteiger partial charge is 0.497 e. The zero-order valence-electron chi connectivity index (χ0n) is 15.6. The molecule has 142 valence electrons. The molecule has 0 radical (unpaired) electrons. The van der Waals surface area contributed by atoms with Crippen LogP contribution >= 0.6 is 11.6 Å². The van der Waals surface area contributed by atoms with Gasteiger partial charge in [-0.05, 0) is 43.3 Å². The third-order valence-electron chi connectivity index (χ3n) is 4.49. The second-order valence-electron chi connectivity index (χ2n) is 6.16. The maximum absolute atomic E-state index is 6.01. The van der Waals surface area contributed by atoms with E-state index in [1.54, 1.807) is 14.2 Å². The van der Waals surface area contributed by atoms with Gasteiger partial charge >= 0.3 is 0 Å². The Morgan fingerprint density at radius 1 is 1.00 bits per heavy atom. The summed E-state index contributed by atoms with van der Waals surface area (Å²) >= 11 is 6.00. The highest BCUT2D eigenvalue weighted by Crippen LogP contribution is 2.38.